The minimum Gasteiger partial charge on any atom is -0.508 e. The molecule has 0 saturated carbocycles. The number of carbonyl (C=O) groups excluding carboxylic acids is 1. The van der Waals surface area contributed by atoms with Crippen LogP contribution in [0.1, 0.15) is 18.9 Å². The van der Waals surface area contributed by atoms with Crippen LogP contribution in [0, 0.1) is 0 Å². The lowest BCUT2D eigenvalue weighted by molar-refractivity contribution is -0.120. The lowest BCUT2D eigenvalue weighted by atomic mass is 10.0. The summed E-state index contributed by atoms with van der Waals surface area (Å²) < 4.78 is 4.99. The van der Waals surface area contributed by atoms with Crippen LogP contribution < -0.4 is 0 Å². The maximum atomic E-state index is 11.6. The van der Waals surface area contributed by atoms with Gasteiger partial charge in [0.25, 0.3) is 0 Å². The fourth-order valence-electron chi connectivity index (χ4n) is 1.46. The monoisotopic (exact) mass is 224 g/mol. The Balaban J connectivity index is 2.62. The number of benzene rings is 1. The van der Waals surface area contributed by atoms with Gasteiger partial charge in [-0.2, -0.15) is 0 Å². The second-order valence-electron chi connectivity index (χ2n) is 3.82. The average Bonchev–Trinajstić information content (AvgIpc) is 2.15. The van der Waals surface area contributed by atoms with Crippen LogP contribution in [-0.4, -0.2) is 29.2 Å². The molecule has 0 spiro atoms. The third kappa shape index (κ3) is 3.90. The lowest BCUT2D eigenvalue weighted by Crippen LogP contribution is -2.13. The van der Waals surface area contributed by atoms with Gasteiger partial charge < -0.3 is 14.9 Å². The molecule has 0 heterocycles. The van der Waals surface area contributed by atoms with Crippen LogP contribution >= 0.6 is 0 Å². The largest absolute Gasteiger partial charge is 0.508 e. The number of hydrogen-bond donors (Lipinski definition) is 2. The number of hydrogen-bond acceptors (Lipinski definition) is 4. The molecule has 1 aromatic rings. The number of ether oxygens (including phenoxy) is 1. The summed E-state index contributed by atoms with van der Waals surface area (Å²) >= 11 is 0. The fourth-order valence-corrected chi connectivity index (χ4v) is 1.46. The first-order valence-electron chi connectivity index (χ1n) is 5.07. The van der Waals surface area contributed by atoms with Crippen LogP contribution in [-0.2, 0) is 16.0 Å². The highest BCUT2D eigenvalue weighted by Gasteiger charge is 2.10. The lowest BCUT2D eigenvalue weighted by Gasteiger charge is -2.08. The van der Waals surface area contributed by atoms with E-state index in [0.29, 0.717) is 12.0 Å². The van der Waals surface area contributed by atoms with Crippen molar-refractivity contribution in [3.63, 3.8) is 0 Å². The van der Waals surface area contributed by atoms with Gasteiger partial charge in [0.2, 0.25) is 0 Å². The summed E-state index contributed by atoms with van der Waals surface area (Å²) in [6.45, 7) is 1.82. The third-order valence-corrected chi connectivity index (χ3v) is 2.28. The van der Waals surface area contributed by atoms with E-state index in [-0.39, 0.29) is 29.8 Å². The average molecular weight is 224 g/mol. The van der Waals surface area contributed by atoms with Gasteiger partial charge in [0.15, 0.2) is 0 Å². The van der Waals surface area contributed by atoms with Crippen LogP contribution in [0.15, 0.2) is 18.2 Å². The van der Waals surface area contributed by atoms with Crippen LogP contribution in [0.5, 0.6) is 11.5 Å². The van der Waals surface area contributed by atoms with Gasteiger partial charge >= 0.3 is 0 Å². The number of carbonyl (C=O) groups is 1. The minimum absolute atomic E-state index is 0.0133. The van der Waals surface area contributed by atoms with Crippen molar-refractivity contribution in [2.24, 2.45) is 0 Å². The summed E-state index contributed by atoms with van der Waals surface area (Å²) in [7, 11) is 1.55. The highest BCUT2D eigenvalue weighted by Crippen LogP contribution is 2.21. The van der Waals surface area contributed by atoms with Crippen molar-refractivity contribution < 1.29 is 19.7 Å². The highest BCUT2D eigenvalue weighted by atomic mass is 16.5. The molecule has 2 N–H and O–H groups in total. The van der Waals surface area contributed by atoms with Gasteiger partial charge in [-0.1, -0.05) is 0 Å². The molecule has 1 rings (SSSR count). The van der Waals surface area contributed by atoms with Crippen molar-refractivity contribution in [1.29, 1.82) is 0 Å². The highest BCUT2D eigenvalue weighted by molar-refractivity contribution is 5.81. The zero-order valence-corrected chi connectivity index (χ0v) is 9.43. The normalized spacial score (nSPS) is 12.4. The summed E-state index contributed by atoms with van der Waals surface area (Å²) in [6.07, 6.45) is 0.404. The Hall–Kier alpha value is -1.55. The zero-order valence-electron chi connectivity index (χ0n) is 9.43. The summed E-state index contributed by atoms with van der Waals surface area (Å²) in [6, 6.07) is 4.16. The Labute approximate surface area is 94.5 Å². The first-order chi connectivity index (χ1) is 7.51. The van der Waals surface area contributed by atoms with Crippen molar-refractivity contribution in [3.8, 4) is 11.5 Å². The zero-order chi connectivity index (χ0) is 12.1. The van der Waals surface area contributed by atoms with Gasteiger partial charge in [-0.05, 0) is 24.6 Å². The van der Waals surface area contributed by atoms with E-state index < -0.39 is 0 Å². The number of methoxy groups -OCH3 is 1. The maximum Gasteiger partial charge on any atom is 0.139 e. The topological polar surface area (TPSA) is 66.8 Å². The molecule has 1 aromatic carbocycles. The standard InChI is InChI=1S/C12H16O4/c1-8(16-2)3-10(13)4-9-5-11(14)7-12(15)6-9/h5-8,14-15H,3-4H2,1-2H3. The number of Topliss-reactive ketones (excluding diaryl/α,β-unsaturated/α-hetero) is 1. The van der Waals surface area contributed by atoms with Gasteiger partial charge in [0.05, 0.1) is 6.10 Å². The van der Waals surface area contributed by atoms with Crippen molar-refractivity contribution in [1.82, 2.24) is 0 Å². The molecule has 16 heavy (non-hydrogen) atoms. The number of rotatable bonds is 5. The second-order valence-corrected chi connectivity index (χ2v) is 3.82. The molecule has 1 unspecified atom stereocenters. The molecule has 4 nitrogen and oxygen atoms in total. The molecule has 0 aliphatic carbocycles. The molecule has 0 fully saturated rings. The van der Waals surface area contributed by atoms with Crippen molar-refractivity contribution in [3.05, 3.63) is 23.8 Å². The van der Waals surface area contributed by atoms with E-state index in [0.717, 1.165) is 0 Å². The number of ketones is 1. The fraction of sp³-hybridized carbons (Fsp3) is 0.417. The minimum atomic E-state index is -0.113. The Bertz CT molecular complexity index is 353. The molecule has 0 aliphatic rings. The van der Waals surface area contributed by atoms with E-state index in [4.69, 9.17) is 4.74 Å². The molecule has 1 atom stereocenters. The van der Waals surface area contributed by atoms with E-state index in [9.17, 15) is 15.0 Å². The van der Waals surface area contributed by atoms with E-state index in [1.54, 1.807) is 7.11 Å². The molecule has 0 aliphatic heterocycles. The van der Waals surface area contributed by atoms with Crippen LogP contribution in [0.25, 0.3) is 0 Å². The van der Waals surface area contributed by atoms with Gasteiger partial charge in [0.1, 0.15) is 17.3 Å². The van der Waals surface area contributed by atoms with Crippen LogP contribution in [0.3, 0.4) is 0 Å². The van der Waals surface area contributed by atoms with Crippen molar-refractivity contribution in [2.45, 2.75) is 25.9 Å². The molecule has 0 aromatic heterocycles. The predicted octanol–water partition coefficient (Wildman–Crippen LogP) is 1.63. The molecular formula is C12H16O4. The molecule has 0 bridgehead atoms. The first-order valence-corrected chi connectivity index (χ1v) is 5.07. The van der Waals surface area contributed by atoms with E-state index in [1.807, 2.05) is 6.92 Å². The first kappa shape index (κ1) is 12.5. The Morgan fingerprint density at radius 1 is 1.31 bits per heavy atom. The summed E-state index contributed by atoms with van der Waals surface area (Å²) in [5, 5.41) is 18.5. The molecule has 0 saturated heterocycles. The predicted molar refractivity (Wildman–Crippen MR) is 59.6 cm³/mol. The van der Waals surface area contributed by atoms with E-state index >= 15 is 0 Å². The molecular weight excluding hydrogens is 208 g/mol. The van der Waals surface area contributed by atoms with Gasteiger partial charge in [-0.15, -0.1) is 0 Å². The summed E-state index contributed by atoms with van der Waals surface area (Å²) in [5.41, 5.74) is 0.603. The van der Waals surface area contributed by atoms with Crippen LogP contribution in [0.2, 0.25) is 0 Å². The van der Waals surface area contributed by atoms with Gasteiger partial charge in [-0.25, -0.2) is 0 Å². The second kappa shape index (κ2) is 5.51. The molecule has 88 valence electrons. The molecule has 4 heteroatoms. The Morgan fingerprint density at radius 2 is 1.88 bits per heavy atom. The van der Waals surface area contributed by atoms with E-state index in [1.165, 1.54) is 18.2 Å². The smallest absolute Gasteiger partial charge is 0.139 e. The van der Waals surface area contributed by atoms with Gasteiger partial charge in [-0.3, -0.25) is 4.79 Å². The van der Waals surface area contributed by atoms with Crippen LogP contribution in [0.4, 0.5) is 0 Å². The van der Waals surface area contributed by atoms with E-state index in [2.05, 4.69) is 0 Å². The number of aromatic hydroxyl groups is 2. The Kier molecular flexibility index (Phi) is 4.31. The SMILES string of the molecule is COC(C)CC(=O)Cc1cc(O)cc(O)c1. The quantitative estimate of drug-likeness (QED) is 0.797. The van der Waals surface area contributed by atoms with Crippen molar-refractivity contribution in [2.75, 3.05) is 7.11 Å². The van der Waals surface area contributed by atoms with Gasteiger partial charge in [0, 0.05) is 26.0 Å². The number of phenols is 2. The Morgan fingerprint density at radius 3 is 2.38 bits per heavy atom. The maximum absolute atomic E-state index is 11.6. The summed E-state index contributed by atoms with van der Waals surface area (Å²) in [4.78, 5) is 11.6. The number of phenolic OH excluding ortho intramolecular Hbond substituents is 2. The molecule has 0 radical (unpaired) electrons. The third-order valence-electron chi connectivity index (χ3n) is 2.28. The summed E-state index contributed by atoms with van der Waals surface area (Å²) in [5.74, 6) is -0.0653. The van der Waals surface area contributed by atoms with Crippen molar-refractivity contribution >= 4 is 5.78 Å². The molecule has 0 amide bonds.